The molecule has 0 aromatic heterocycles. The van der Waals surface area contributed by atoms with Gasteiger partial charge in [0.15, 0.2) is 0 Å². The van der Waals surface area contributed by atoms with E-state index in [4.69, 9.17) is 15.6 Å². The van der Waals surface area contributed by atoms with Crippen LogP contribution in [0.25, 0.3) is 0 Å². The van der Waals surface area contributed by atoms with Crippen LogP contribution in [0.15, 0.2) is 24.3 Å². The molecular formula is C10H11NO3. The van der Waals surface area contributed by atoms with Gasteiger partial charge in [0.05, 0.1) is 6.61 Å². The van der Waals surface area contributed by atoms with Gasteiger partial charge in [0.1, 0.15) is 11.3 Å². The summed E-state index contributed by atoms with van der Waals surface area (Å²) in [4.78, 5) is 11.1. The van der Waals surface area contributed by atoms with E-state index in [-0.39, 0.29) is 0 Å². The van der Waals surface area contributed by atoms with E-state index in [1.54, 1.807) is 24.3 Å². The van der Waals surface area contributed by atoms with Crippen molar-refractivity contribution in [3.05, 3.63) is 29.8 Å². The van der Waals surface area contributed by atoms with Crippen LogP contribution >= 0.6 is 0 Å². The molecule has 0 saturated heterocycles. The highest BCUT2D eigenvalue weighted by molar-refractivity contribution is 5.82. The maximum absolute atomic E-state index is 11.1. The summed E-state index contributed by atoms with van der Waals surface area (Å²) < 4.78 is 5.33. The van der Waals surface area contributed by atoms with Gasteiger partial charge in [-0.15, -0.1) is 0 Å². The predicted octanol–water partition coefficient (Wildman–Crippen LogP) is 0.708. The highest BCUT2D eigenvalue weighted by Crippen LogP contribution is 2.34. The largest absolute Gasteiger partial charge is 0.493 e. The third-order valence-corrected chi connectivity index (χ3v) is 2.50. The number of ether oxygens (including phenoxy) is 1. The summed E-state index contributed by atoms with van der Waals surface area (Å²) >= 11 is 0. The maximum Gasteiger partial charge on any atom is 0.328 e. The number of carbonyl (C=O) groups is 1. The van der Waals surface area contributed by atoms with Gasteiger partial charge < -0.3 is 15.6 Å². The zero-order valence-corrected chi connectivity index (χ0v) is 7.56. The average Bonchev–Trinajstić information content (AvgIpc) is 2.18. The molecule has 0 aliphatic carbocycles. The van der Waals surface area contributed by atoms with Gasteiger partial charge in [-0.1, -0.05) is 18.2 Å². The van der Waals surface area contributed by atoms with Crippen LogP contribution in [0.3, 0.4) is 0 Å². The molecule has 0 radical (unpaired) electrons. The number of carboxylic acid groups (broad SMARTS) is 1. The lowest BCUT2D eigenvalue weighted by atomic mass is 9.86. The molecule has 0 bridgehead atoms. The molecule has 2 rings (SSSR count). The topological polar surface area (TPSA) is 72.6 Å². The van der Waals surface area contributed by atoms with Gasteiger partial charge in [0.25, 0.3) is 0 Å². The maximum atomic E-state index is 11.1. The minimum atomic E-state index is -1.30. The minimum absolute atomic E-state index is 0.305. The van der Waals surface area contributed by atoms with Crippen molar-refractivity contribution in [1.29, 1.82) is 0 Å². The molecule has 0 saturated carbocycles. The summed E-state index contributed by atoms with van der Waals surface area (Å²) in [6.07, 6.45) is 0.305. The van der Waals surface area contributed by atoms with Crippen LogP contribution in [0.4, 0.5) is 0 Å². The summed E-state index contributed by atoms with van der Waals surface area (Å²) in [5.41, 5.74) is 5.09. The van der Waals surface area contributed by atoms with E-state index in [9.17, 15) is 4.79 Å². The van der Waals surface area contributed by atoms with E-state index in [1.165, 1.54) is 0 Å². The molecule has 0 spiro atoms. The summed E-state index contributed by atoms with van der Waals surface area (Å²) in [6.45, 7) is 0.347. The van der Waals surface area contributed by atoms with Crippen LogP contribution in [0.1, 0.15) is 12.0 Å². The summed E-state index contributed by atoms with van der Waals surface area (Å²) in [7, 11) is 0. The first-order valence-corrected chi connectivity index (χ1v) is 4.39. The van der Waals surface area contributed by atoms with Crippen LogP contribution in [0.2, 0.25) is 0 Å². The molecule has 74 valence electrons. The average molecular weight is 193 g/mol. The second-order valence-electron chi connectivity index (χ2n) is 3.37. The van der Waals surface area contributed by atoms with Crippen molar-refractivity contribution in [2.45, 2.75) is 12.0 Å². The molecular weight excluding hydrogens is 182 g/mol. The third kappa shape index (κ3) is 1.15. The Labute approximate surface area is 81.3 Å². The van der Waals surface area contributed by atoms with Crippen molar-refractivity contribution in [3.63, 3.8) is 0 Å². The first-order valence-electron chi connectivity index (χ1n) is 4.39. The van der Waals surface area contributed by atoms with Crippen LogP contribution in [-0.4, -0.2) is 17.7 Å². The van der Waals surface area contributed by atoms with Crippen molar-refractivity contribution in [1.82, 2.24) is 0 Å². The molecule has 4 nitrogen and oxygen atoms in total. The van der Waals surface area contributed by atoms with Crippen LogP contribution in [-0.2, 0) is 10.3 Å². The fourth-order valence-corrected chi connectivity index (χ4v) is 1.64. The zero-order valence-electron chi connectivity index (χ0n) is 7.56. The molecule has 1 aromatic rings. The third-order valence-electron chi connectivity index (χ3n) is 2.50. The van der Waals surface area contributed by atoms with Gasteiger partial charge in [0, 0.05) is 12.0 Å². The molecule has 4 heteroatoms. The monoisotopic (exact) mass is 193 g/mol. The number of nitrogens with two attached hydrogens (primary N) is 1. The second-order valence-corrected chi connectivity index (χ2v) is 3.37. The van der Waals surface area contributed by atoms with Crippen LogP contribution in [0, 0.1) is 0 Å². The number of aliphatic carboxylic acids is 1. The lowest BCUT2D eigenvalue weighted by Crippen LogP contribution is -2.48. The second kappa shape index (κ2) is 2.99. The van der Waals surface area contributed by atoms with Crippen molar-refractivity contribution < 1.29 is 14.6 Å². The zero-order chi connectivity index (χ0) is 10.2. The van der Waals surface area contributed by atoms with Crippen molar-refractivity contribution in [2.75, 3.05) is 6.61 Å². The van der Waals surface area contributed by atoms with E-state index < -0.39 is 11.5 Å². The molecule has 1 aliphatic rings. The van der Waals surface area contributed by atoms with Crippen molar-refractivity contribution >= 4 is 5.97 Å². The fourth-order valence-electron chi connectivity index (χ4n) is 1.64. The van der Waals surface area contributed by atoms with Crippen LogP contribution in [0.5, 0.6) is 5.75 Å². The Morgan fingerprint density at radius 1 is 1.50 bits per heavy atom. The molecule has 0 unspecified atom stereocenters. The molecule has 1 aliphatic heterocycles. The predicted molar refractivity (Wildman–Crippen MR) is 50.1 cm³/mol. The van der Waals surface area contributed by atoms with Gasteiger partial charge >= 0.3 is 5.97 Å². The highest BCUT2D eigenvalue weighted by Gasteiger charge is 2.40. The number of hydrogen-bond acceptors (Lipinski definition) is 3. The van der Waals surface area contributed by atoms with E-state index in [1.807, 2.05) is 0 Å². The number of para-hydroxylation sites is 1. The lowest BCUT2D eigenvalue weighted by Gasteiger charge is -2.31. The number of carboxylic acids is 1. The normalized spacial score (nSPS) is 24.9. The number of rotatable bonds is 1. The summed E-state index contributed by atoms with van der Waals surface area (Å²) in [6, 6.07) is 6.99. The number of hydrogen-bond donors (Lipinski definition) is 2. The Bertz CT molecular complexity index is 377. The first-order chi connectivity index (χ1) is 6.64. The quantitative estimate of drug-likeness (QED) is 0.688. The van der Waals surface area contributed by atoms with E-state index in [0.29, 0.717) is 24.3 Å². The van der Waals surface area contributed by atoms with Crippen LogP contribution < -0.4 is 10.5 Å². The van der Waals surface area contributed by atoms with E-state index in [2.05, 4.69) is 0 Å². The SMILES string of the molecule is N[C@@]1(C(=O)O)CCOc2ccccc21. The molecule has 1 heterocycles. The van der Waals surface area contributed by atoms with Gasteiger partial charge in [-0.05, 0) is 6.07 Å². The fraction of sp³-hybridized carbons (Fsp3) is 0.300. The first kappa shape index (κ1) is 9.02. The molecule has 3 N–H and O–H groups in total. The Morgan fingerprint density at radius 2 is 2.21 bits per heavy atom. The molecule has 0 fully saturated rings. The van der Waals surface area contributed by atoms with E-state index >= 15 is 0 Å². The van der Waals surface area contributed by atoms with Gasteiger partial charge in [-0.3, -0.25) is 0 Å². The number of benzene rings is 1. The smallest absolute Gasteiger partial charge is 0.328 e. The van der Waals surface area contributed by atoms with E-state index in [0.717, 1.165) is 0 Å². The molecule has 14 heavy (non-hydrogen) atoms. The summed E-state index contributed by atoms with van der Waals surface area (Å²) in [5, 5.41) is 9.06. The Morgan fingerprint density at radius 3 is 2.93 bits per heavy atom. The molecule has 1 atom stereocenters. The Kier molecular flexibility index (Phi) is 1.93. The Balaban J connectivity index is 2.55. The van der Waals surface area contributed by atoms with Gasteiger partial charge in [-0.2, -0.15) is 0 Å². The summed E-state index contributed by atoms with van der Waals surface area (Å²) in [5.74, 6) is -0.433. The molecule has 0 amide bonds. The van der Waals surface area contributed by atoms with Crippen molar-refractivity contribution in [2.24, 2.45) is 5.73 Å². The van der Waals surface area contributed by atoms with Gasteiger partial charge in [0.2, 0.25) is 0 Å². The van der Waals surface area contributed by atoms with Gasteiger partial charge in [-0.25, -0.2) is 4.79 Å². The standard InChI is InChI=1S/C10H11NO3/c11-10(9(12)13)5-6-14-8-4-2-1-3-7(8)10/h1-4H,5-6,11H2,(H,12,13)/t10-/m0/s1. The van der Waals surface area contributed by atoms with Crippen molar-refractivity contribution in [3.8, 4) is 5.75 Å². The number of fused-ring (bicyclic) bond motifs is 1. The Hall–Kier alpha value is -1.55. The highest BCUT2D eigenvalue weighted by atomic mass is 16.5. The lowest BCUT2D eigenvalue weighted by molar-refractivity contribution is -0.144. The minimum Gasteiger partial charge on any atom is -0.493 e. The molecule has 1 aromatic carbocycles.